The first-order valence-corrected chi connectivity index (χ1v) is 6.97. The van der Waals surface area contributed by atoms with Crippen LogP contribution in [-0.4, -0.2) is 19.6 Å². The SMILES string of the molecule is CN=C(NCCCC1CC1)NCc1cccc(F)c1.I. The van der Waals surface area contributed by atoms with Crippen LogP contribution < -0.4 is 10.6 Å². The maximum atomic E-state index is 13.0. The van der Waals surface area contributed by atoms with Gasteiger partial charge in [0.15, 0.2) is 5.96 Å². The predicted molar refractivity (Wildman–Crippen MR) is 92.0 cm³/mol. The molecule has 20 heavy (non-hydrogen) atoms. The van der Waals surface area contributed by atoms with E-state index in [2.05, 4.69) is 15.6 Å². The molecule has 0 saturated heterocycles. The van der Waals surface area contributed by atoms with Crippen molar-refractivity contribution < 1.29 is 4.39 Å². The molecule has 0 aromatic heterocycles. The number of guanidine groups is 1. The zero-order valence-electron chi connectivity index (χ0n) is 11.9. The van der Waals surface area contributed by atoms with Crippen molar-refractivity contribution in [1.29, 1.82) is 0 Å². The molecule has 112 valence electrons. The lowest BCUT2D eigenvalue weighted by atomic mass is 10.2. The van der Waals surface area contributed by atoms with Crippen LogP contribution in [0.15, 0.2) is 29.3 Å². The van der Waals surface area contributed by atoms with Gasteiger partial charge in [0.05, 0.1) is 0 Å². The molecule has 0 spiro atoms. The van der Waals surface area contributed by atoms with Gasteiger partial charge >= 0.3 is 0 Å². The largest absolute Gasteiger partial charge is 0.356 e. The molecule has 2 rings (SSSR count). The second-order valence-corrected chi connectivity index (χ2v) is 5.07. The summed E-state index contributed by atoms with van der Waals surface area (Å²) < 4.78 is 13.0. The summed E-state index contributed by atoms with van der Waals surface area (Å²) in [7, 11) is 1.75. The smallest absolute Gasteiger partial charge is 0.191 e. The first-order valence-electron chi connectivity index (χ1n) is 6.97. The number of hydrogen-bond acceptors (Lipinski definition) is 1. The van der Waals surface area contributed by atoms with E-state index in [1.54, 1.807) is 13.1 Å². The van der Waals surface area contributed by atoms with Gasteiger partial charge in [-0.25, -0.2) is 4.39 Å². The lowest BCUT2D eigenvalue weighted by molar-refractivity contribution is 0.623. The highest BCUT2D eigenvalue weighted by atomic mass is 127. The topological polar surface area (TPSA) is 36.4 Å². The van der Waals surface area contributed by atoms with Crippen LogP contribution in [0.3, 0.4) is 0 Å². The monoisotopic (exact) mass is 391 g/mol. The highest BCUT2D eigenvalue weighted by Gasteiger charge is 2.19. The molecule has 0 aliphatic heterocycles. The highest BCUT2D eigenvalue weighted by Crippen LogP contribution is 2.33. The molecular formula is C15H23FIN3. The zero-order valence-corrected chi connectivity index (χ0v) is 14.2. The van der Waals surface area contributed by atoms with Gasteiger partial charge in [-0.3, -0.25) is 4.99 Å². The average Bonchev–Trinajstić information content (AvgIpc) is 3.22. The van der Waals surface area contributed by atoms with Gasteiger partial charge in [0.2, 0.25) is 0 Å². The molecule has 1 aliphatic rings. The summed E-state index contributed by atoms with van der Waals surface area (Å²) in [6, 6.07) is 6.61. The summed E-state index contributed by atoms with van der Waals surface area (Å²) in [5, 5.41) is 6.47. The minimum Gasteiger partial charge on any atom is -0.356 e. The van der Waals surface area contributed by atoms with Gasteiger partial charge < -0.3 is 10.6 Å². The Morgan fingerprint density at radius 2 is 2.15 bits per heavy atom. The minimum atomic E-state index is -0.202. The fourth-order valence-corrected chi connectivity index (χ4v) is 2.06. The lowest BCUT2D eigenvalue weighted by Crippen LogP contribution is -2.37. The quantitative estimate of drug-likeness (QED) is 0.338. The molecular weight excluding hydrogens is 368 g/mol. The van der Waals surface area contributed by atoms with E-state index in [1.165, 1.54) is 37.8 Å². The van der Waals surface area contributed by atoms with E-state index in [9.17, 15) is 4.39 Å². The molecule has 3 nitrogen and oxygen atoms in total. The molecule has 1 aromatic rings. The van der Waals surface area contributed by atoms with Crippen molar-refractivity contribution in [3.05, 3.63) is 35.6 Å². The van der Waals surface area contributed by atoms with Gasteiger partial charge in [-0.05, 0) is 36.5 Å². The van der Waals surface area contributed by atoms with Crippen LogP contribution in [0, 0.1) is 11.7 Å². The number of nitrogens with zero attached hydrogens (tertiary/aromatic N) is 1. The number of benzene rings is 1. The number of halogens is 2. The first kappa shape index (κ1) is 17.2. The molecule has 0 radical (unpaired) electrons. The van der Waals surface area contributed by atoms with Crippen LogP contribution in [0.5, 0.6) is 0 Å². The van der Waals surface area contributed by atoms with Gasteiger partial charge in [0, 0.05) is 20.1 Å². The number of nitrogens with one attached hydrogen (secondary N) is 2. The maximum absolute atomic E-state index is 13.0. The molecule has 0 unspecified atom stereocenters. The van der Waals surface area contributed by atoms with E-state index in [1.807, 2.05) is 6.07 Å². The van der Waals surface area contributed by atoms with E-state index < -0.39 is 0 Å². The van der Waals surface area contributed by atoms with Crippen molar-refractivity contribution in [3.63, 3.8) is 0 Å². The molecule has 5 heteroatoms. The van der Waals surface area contributed by atoms with E-state index in [4.69, 9.17) is 0 Å². The number of hydrogen-bond donors (Lipinski definition) is 2. The third-order valence-corrected chi connectivity index (χ3v) is 3.35. The Morgan fingerprint density at radius 3 is 2.80 bits per heavy atom. The Balaban J connectivity index is 0.00000200. The van der Waals surface area contributed by atoms with Crippen LogP contribution in [0.4, 0.5) is 4.39 Å². The fraction of sp³-hybridized carbons (Fsp3) is 0.533. The highest BCUT2D eigenvalue weighted by molar-refractivity contribution is 14.0. The van der Waals surface area contributed by atoms with Crippen LogP contribution in [0.1, 0.15) is 31.2 Å². The average molecular weight is 391 g/mol. The van der Waals surface area contributed by atoms with E-state index in [-0.39, 0.29) is 29.8 Å². The number of aliphatic imine (C=N–C) groups is 1. The third-order valence-electron chi connectivity index (χ3n) is 3.35. The predicted octanol–water partition coefficient (Wildman–Crippen LogP) is 3.30. The Labute approximate surface area is 137 Å². The summed E-state index contributed by atoms with van der Waals surface area (Å²) >= 11 is 0. The molecule has 0 heterocycles. The van der Waals surface area contributed by atoms with Crippen LogP contribution in [-0.2, 0) is 6.54 Å². The van der Waals surface area contributed by atoms with Crippen molar-refractivity contribution in [2.75, 3.05) is 13.6 Å². The van der Waals surface area contributed by atoms with Crippen molar-refractivity contribution in [2.45, 2.75) is 32.2 Å². The van der Waals surface area contributed by atoms with E-state index in [0.717, 1.165) is 24.0 Å². The van der Waals surface area contributed by atoms with Gasteiger partial charge in [0.25, 0.3) is 0 Å². The van der Waals surface area contributed by atoms with Gasteiger partial charge in [-0.1, -0.05) is 25.0 Å². The molecule has 1 saturated carbocycles. The normalized spacial score (nSPS) is 14.6. The maximum Gasteiger partial charge on any atom is 0.191 e. The van der Waals surface area contributed by atoms with Crippen LogP contribution >= 0.6 is 24.0 Å². The molecule has 0 bridgehead atoms. The Hall–Kier alpha value is -0.850. The van der Waals surface area contributed by atoms with Crippen LogP contribution in [0.2, 0.25) is 0 Å². The van der Waals surface area contributed by atoms with E-state index >= 15 is 0 Å². The van der Waals surface area contributed by atoms with Crippen molar-refractivity contribution >= 4 is 29.9 Å². The molecule has 0 atom stereocenters. The van der Waals surface area contributed by atoms with Gasteiger partial charge in [-0.15, -0.1) is 24.0 Å². The number of rotatable bonds is 6. The molecule has 0 amide bonds. The van der Waals surface area contributed by atoms with Crippen molar-refractivity contribution in [2.24, 2.45) is 10.9 Å². The first-order chi connectivity index (χ1) is 9.28. The van der Waals surface area contributed by atoms with Crippen molar-refractivity contribution in [3.8, 4) is 0 Å². The van der Waals surface area contributed by atoms with Gasteiger partial charge in [0.1, 0.15) is 5.82 Å². The second kappa shape index (κ2) is 9.15. The minimum absolute atomic E-state index is 0. The lowest BCUT2D eigenvalue weighted by Gasteiger charge is -2.11. The molecule has 1 aliphatic carbocycles. The fourth-order valence-electron chi connectivity index (χ4n) is 2.06. The Kier molecular flexibility index (Phi) is 7.87. The summed E-state index contributed by atoms with van der Waals surface area (Å²) in [6.45, 7) is 1.53. The molecule has 2 N–H and O–H groups in total. The summed E-state index contributed by atoms with van der Waals surface area (Å²) in [5.41, 5.74) is 0.918. The summed E-state index contributed by atoms with van der Waals surface area (Å²) in [5.74, 6) is 1.55. The second-order valence-electron chi connectivity index (χ2n) is 5.07. The van der Waals surface area contributed by atoms with E-state index in [0.29, 0.717) is 6.54 Å². The molecule has 1 aromatic carbocycles. The molecule has 1 fully saturated rings. The van der Waals surface area contributed by atoms with Crippen molar-refractivity contribution in [1.82, 2.24) is 10.6 Å². The Morgan fingerprint density at radius 1 is 1.35 bits per heavy atom. The standard InChI is InChI=1S/C15H22FN3.HI/c1-17-15(18-9-3-5-12-7-8-12)19-11-13-4-2-6-14(16)10-13;/h2,4,6,10,12H,3,5,7-9,11H2,1H3,(H2,17,18,19);1H. The Bertz CT molecular complexity index is 433. The zero-order chi connectivity index (χ0) is 13.5. The summed E-state index contributed by atoms with van der Waals surface area (Å²) in [4.78, 5) is 4.16. The third kappa shape index (κ3) is 6.54. The summed E-state index contributed by atoms with van der Waals surface area (Å²) in [6.07, 6.45) is 5.32. The van der Waals surface area contributed by atoms with Gasteiger partial charge in [-0.2, -0.15) is 0 Å². The van der Waals surface area contributed by atoms with Crippen LogP contribution in [0.25, 0.3) is 0 Å².